The van der Waals surface area contributed by atoms with Gasteiger partial charge in [-0.25, -0.2) is 0 Å². The van der Waals surface area contributed by atoms with Crippen LogP contribution in [0.3, 0.4) is 0 Å². The third kappa shape index (κ3) is 2.48. The molecule has 0 aromatic heterocycles. The molecule has 10 heavy (non-hydrogen) atoms. The van der Waals surface area contributed by atoms with Gasteiger partial charge in [0.05, 0.1) is 0 Å². The van der Waals surface area contributed by atoms with Crippen LogP contribution in [0.2, 0.25) is 0 Å². The zero-order valence-electron chi connectivity index (χ0n) is 6.34. The molecule has 0 aromatic rings. The van der Waals surface area contributed by atoms with Gasteiger partial charge in [-0.1, -0.05) is 6.92 Å². The summed E-state index contributed by atoms with van der Waals surface area (Å²) in [4.78, 5) is 0. The van der Waals surface area contributed by atoms with Gasteiger partial charge >= 0.3 is 0 Å². The van der Waals surface area contributed by atoms with E-state index in [-0.39, 0.29) is 0 Å². The molecule has 1 aliphatic heterocycles. The average molecular weight is 161 g/mol. The zero-order chi connectivity index (χ0) is 7.40. The van der Waals surface area contributed by atoms with Gasteiger partial charge in [0.25, 0.3) is 0 Å². The van der Waals surface area contributed by atoms with Gasteiger partial charge in [-0.05, 0) is 6.42 Å². The van der Waals surface area contributed by atoms with Crippen LogP contribution in [0.25, 0.3) is 0 Å². The molecule has 60 valence electrons. The number of thioether (sulfide) groups is 1. The molecule has 3 heteroatoms. The summed E-state index contributed by atoms with van der Waals surface area (Å²) in [6.07, 6.45) is 0.932. The van der Waals surface area contributed by atoms with Crippen LogP contribution < -0.4 is 5.32 Å². The second-order valence-electron chi connectivity index (χ2n) is 2.74. The molecular formula is C7H15NOS. The minimum atomic E-state index is 0.328. The van der Waals surface area contributed by atoms with Gasteiger partial charge in [0.2, 0.25) is 0 Å². The normalized spacial score (nSPS) is 22.2. The van der Waals surface area contributed by atoms with Crippen molar-refractivity contribution in [2.24, 2.45) is 0 Å². The largest absolute Gasteiger partial charge is 0.396 e. The molecular weight excluding hydrogens is 146 g/mol. The van der Waals surface area contributed by atoms with Gasteiger partial charge in [-0.2, -0.15) is 11.8 Å². The Morgan fingerprint density at radius 3 is 2.80 bits per heavy atom. The molecule has 0 radical (unpaired) electrons. The lowest BCUT2D eigenvalue weighted by atomic mass is 10.3. The van der Waals surface area contributed by atoms with E-state index in [0.717, 1.165) is 24.8 Å². The van der Waals surface area contributed by atoms with Gasteiger partial charge in [0, 0.05) is 30.2 Å². The lowest BCUT2D eigenvalue weighted by Gasteiger charge is -2.28. The Labute approximate surface area is 66.4 Å². The summed E-state index contributed by atoms with van der Waals surface area (Å²) in [6.45, 7) is 4.81. The first-order valence-corrected chi connectivity index (χ1v) is 4.74. The molecule has 1 fully saturated rings. The number of hydrogen-bond donors (Lipinski definition) is 2. The van der Waals surface area contributed by atoms with Crippen molar-refractivity contribution in [2.75, 3.05) is 19.7 Å². The van der Waals surface area contributed by atoms with E-state index >= 15 is 0 Å². The molecule has 1 rings (SSSR count). The maximum atomic E-state index is 8.61. The third-order valence-corrected chi connectivity index (χ3v) is 3.12. The molecule has 1 heterocycles. The van der Waals surface area contributed by atoms with Crippen molar-refractivity contribution in [2.45, 2.75) is 23.8 Å². The summed E-state index contributed by atoms with van der Waals surface area (Å²) < 4.78 is 0. The summed E-state index contributed by atoms with van der Waals surface area (Å²) in [5.74, 6) is 0. The van der Waals surface area contributed by atoms with Crippen LogP contribution in [0.4, 0.5) is 0 Å². The Hall–Kier alpha value is 0.270. The molecule has 0 spiro atoms. The minimum Gasteiger partial charge on any atom is -0.396 e. The molecule has 1 saturated heterocycles. The molecule has 1 aliphatic rings. The molecule has 0 saturated carbocycles. The molecule has 1 atom stereocenters. The lowest BCUT2D eigenvalue weighted by molar-refractivity contribution is 0.288. The van der Waals surface area contributed by atoms with E-state index in [1.807, 2.05) is 11.8 Å². The minimum absolute atomic E-state index is 0.328. The monoisotopic (exact) mass is 161 g/mol. The molecule has 0 bridgehead atoms. The van der Waals surface area contributed by atoms with E-state index < -0.39 is 0 Å². The van der Waals surface area contributed by atoms with Crippen LogP contribution in [0, 0.1) is 0 Å². The van der Waals surface area contributed by atoms with Crippen LogP contribution in [0.1, 0.15) is 13.3 Å². The van der Waals surface area contributed by atoms with Crippen molar-refractivity contribution in [3.8, 4) is 0 Å². The number of rotatable bonds is 4. The summed E-state index contributed by atoms with van der Waals surface area (Å²) in [5.41, 5.74) is 0. The van der Waals surface area contributed by atoms with Crippen LogP contribution in [-0.2, 0) is 0 Å². The van der Waals surface area contributed by atoms with Crippen LogP contribution in [0.15, 0.2) is 0 Å². The quantitative estimate of drug-likeness (QED) is 0.628. The van der Waals surface area contributed by atoms with Crippen LogP contribution >= 0.6 is 11.8 Å². The number of aliphatic hydroxyl groups excluding tert-OH is 1. The van der Waals surface area contributed by atoms with Crippen molar-refractivity contribution in [1.29, 1.82) is 0 Å². The topological polar surface area (TPSA) is 32.3 Å². The van der Waals surface area contributed by atoms with Crippen molar-refractivity contribution in [1.82, 2.24) is 5.32 Å². The first kappa shape index (κ1) is 8.37. The highest BCUT2D eigenvalue weighted by Crippen LogP contribution is 2.22. The number of nitrogens with one attached hydrogen (secondary N) is 1. The Balaban J connectivity index is 1.99. The molecule has 1 unspecified atom stereocenters. The molecule has 0 amide bonds. The highest BCUT2D eigenvalue weighted by atomic mass is 32.2. The second-order valence-corrected chi connectivity index (χ2v) is 4.48. The Morgan fingerprint density at radius 1 is 1.70 bits per heavy atom. The maximum absolute atomic E-state index is 8.61. The molecule has 0 aromatic carbocycles. The van der Waals surface area contributed by atoms with Crippen LogP contribution in [-0.4, -0.2) is 35.3 Å². The average Bonchev–Trinajstić information content (AvgIpc) is 1.80. The summed E-state index contributed by atoms with van der Waals surface area (Å²) in [5, 5.41) is 13.3. The third-order valence-electron chi connectivity index (χ3n) is 1.70. The fraction of sp³-hybridized carbons (Fsp3) is 1.00. The molecule has 2 nitrogen and oxygen atoms in total. The Kier molecular flexibility index (Phi) is 3.52. The second kappa shape index (κ2) is 4.21. The molecule has 2 N–H and O–H groups in total. The Morgan fingerprint density at radius 2 is 2.40 bits per heavy atom. The van der Waals surface area contributed by atoms with Gasteiger partial charge < -0.3 is 10.4 Å². The van der Waals surface area contributed by atoms with Gasteiger partial charge in [-0.3, -0.25) is 0 Å². The van der Waals surface area contributed by atoms with Crippen molar-refractivity contribution in [3.05, 3.63) is 0 Å². The molecule has 0 aliphatic carbocycles. The highest BCUT2D eigenvalue weighted by molar-refractivity contribution is 8.00. The fourth-order valence-electron chi connectivity index (χ4n) is 0.937. The van der Waals surface area contributed by atoms with Crippen LogP contribution in [0.5, 0.6) is 0 Å². The zero-order valence-corrected chi connectivity index (χ0v) is 7.16. The summed E-state index contributed by atoms with van der Waals surface area (Å²) >= 11 is 1.99. The van der Waals surface area contributed by atoms with Crippen molar-refractivity contribution >= 4 is 11.8 Å². The van der Waals surface area contributed by atoms with Gasteiger partial charge in [0.15, 0.2) is 0 Å². The van der Waals surface area contributed by atoms with Gasteiger partial charge in [-0.15, -0.1) is 0 Å². The van der Waals surface area contributed by atoms with E-state index in [2.05, 4.69) is 12.2 Å². The van der Waals surface area contributed by atoms with Crippen molar-refractivity contribution in [3.63, 3.8) is 0 Å². The predicted octanol–water partition coefficient (Wildman–Crippen LogP) is 0.462. The van der Waals surface area contributed by atoms with E-state index in [4.69, 9.17) is 5.11 Å². The lowest BCUT2D eigenvalue weighted by Crippen LogP contribution is -2.45. The summed E-state index contributed by atoms with van der Waals surface area (Å²) in [7, 11) is 0. The first-order chi connectivity index (χ1) is 4.83. The van der Waals surface area contributed by atoms with Gasteiger partial charge in [0.1, 0.15) is 0 Å². The smallest absolute Gasteiger partial charge is 0.0441 e. The summed E-state index contributed by atoms with van der Waals surface area (Å²) in [6, 6.07) is 0. The fourth-order valence-corrected chi connectivity index (χ4v) is 2.26. The standard InChI is InChI=1S/C7H15NOS/c1-6(2-3-9)10-7-4-8-5-7/h6-9H,2-5H2,1H3. The van der Waals surface area contributed by atoms with E-state index in [1.54, 1.807) is 0 Å². The number of aliphatic hydroxyl groups is 1. The van der Waals surface area contributed by atoms with E-state index in [9.17, 15) is 0 Å². The van der Waals surface area contributed by atoms with E-state index in [1.165, 1.54) is 0 Å². The van der Waals surface area contributed by atoms with E-state index in [0.29, 0.717) is 11.9 Å². The SMILES string of the molecule is CC(CCO)SC1CNC1. The number of hydrogen-bond acceptors (Lipinski definition) is 3. The van der Waals surface area contributed by atoms with Crippen molar-refractivity contribution < 1.29 is 5.11 Å². The highest BCUT2D eigenvalue weighted by Gasteiger charge is 2.19. The Bertz CT molecular complexity index is 95.6. The maximum Gasteiger partial charge on any atom is 0.0441 e. The first-order valence-electron chi connectivity index (χ1n) is 3.80. The predicted molar refractivity (Wildman–Crippen MR) is 45.4 cm³/mol.